The molecular weight excluding hydrogens is 410 g/mol. The molecule has 0 aromatic carbocycles. The van der Waals surface area contributed by atoms with Crippen molar-refractivity contribution in [1.82, 2.24) is 33.9 Å². The highest BCUT2D eigenvalue weighted by atomic mass is 16.5. The van der Waals surface area contributed by atoms with Crippen LogP contribution in [-0.2, 0) is 17.3 Å². The lowest BCUT2D eigenvalue weighted by molar-refractivity contribution is 0.0448. The van der Waals surface area contributed by atoms with Crippen molar-refractivity contribution in [2.24, 2.45) is 7.05 Å². The van der Waals surface area contributed by atoms with Crippen LogP contribution in [0, 0.1) is 18.3 Å². The highest BCUT2D eigenvalue weighted by Gasteiger charge is 2.38. The van der Waals surface area contributed by atoms with Crippen molar-refractivity contribution in [2.75, 3.05) is 18.5 Å². The second kappa shape index (κ2) is 7.58. The molecule has 0 amide bonds. The van der Waals surface area contributed by atoms with E-state index in [0.717, 1.165) is 11.3 Å². The smallest absolute Gasteiger partial charge is 0.331 e. The molecule has 1 N–H and O–H groups in total. The third-order valence-corrected chi connectivity index (χ3v) is 5.84. The minimum absolute atomic E-state index is 0.295. The average Bonchev–Trinajstić information content (AvgIpc) is 3.43. The van der Waals surface area contributed by atoms with E-state index in [4.69, 9.17) is 4.74 Å². The zero-order valence-corrected chi connectivity index (χ0v) is 17.7. The molecule has 1 aliphatic heterocycles. The second-order valence-corrected chi connectivity index (χ2v) is 7.77. The molecule has 0 aliphatic carbocycles. The Hall–Kier alpha value is -4.04. The van der Waals surface area contributed by atoms with E-state index in [9.17, 15) is 10.1 Å². The Morgan fingerprint density at radius 2 is 2.06 bits per heavy atom. The van der Waals surface area contributed by atoms with E-state index < -0.39 is 5.54 Å². The van der Waals surface area contributed by atoms with E-state index in [1.54, 1.807) is 30.3 Å². The molecule has 5 heterocycles. The number of hydrogen-bond donors (Lipinski definition) is 1. The Bertz CT molecular complexity index is 1390. The normalized spacial score (nSPS) is 15.5. The summed E-state index contributed by atoms with van der Waals surface area (Å²) in [6.07, 6.45) is 7.64. The molecule has 5 rings (SSSR count). The van der Waals surface area contributed by atoms with Gasteiger partial charge < -0.3 is 10.1 Å². The van der Waals surface area contributed by atoms with Crippen LogP contribution in [0.2, 0.25) is 0 Å². The fraction of sp³-hybridized carbons (Fsp3) is 0.333. The number of ether oxygens (including phenoxy) is 1. The van der Waals surface area contributed by atoms with E-state index in [2.05, 4.69) is 31.4 Å². The summed E-state index contributed by atoms with van der Waals surface area (Å²) in [7, 11) is 1.66. The fourth-order valence-electron chi connectivity index (χ4n) is 3.97. The number of rotatable bonds is 4. The van der Waals surface area contributed by atoms with Crippen LogP contribution in [-0.4, -0.2) is 47.1 Å². The Morgan fingerprint density at radius 1 is 1.25 bits per heavy atom. The molecule has 0 saturated carbocycles. The largest absolute Gasteiger partial charge is 0.381 e. The predicted octanol–water partition coefficient (Wildman–Crippen LogP) is 1.79. The third kappa shape index (κ3) is 3.12. The molecule has 0 bridgehead atoms. The highest BCUT2D eigenvalue weighted by Crippen LogP contribution is 2.30. The van der Waals surface area contributed by atoms with Crippen LogP contribution in [0.1, 0.15) is 18.4 Å². The second-order valence-electron chi connectivity index (χ2n) is 7.77. The molecule has 11 nitrogen and oxygen atoms in total. The number of pyridine rings is 1. The summed E-state index contributed by atoms with van der Waals surface area (Å²) in [6.45, 7) is 2.78. The number of imidazole rings is 1. The summed E-state index contributed by atoms with van der Waals surface area (Å²) < 4.78 is 10.1. The highest BCUT2D eigenvalue weighted by molar-refractivity contribution is 5.73. The molecule has 1 saturated heterocycles. The van der Waals surface area contributed by atoms with Crippen LogP contribution in [0.3, 0.4) is 0 Å². The number of nitrogens with zero attached hydrogens (tertiary/aromatic N) is 8. The number of nitrogens with one attached hydrogen (secondary N) is 1. The van der Waals surface area contributed by atoms with Crippen LogP contribution < -0.4 is 11.0 Å². The zero-order chi connectivity index (χ0) is 22.3. The van der Waals surface area contributed by atoms with Gasteiger partial charge in [-0.05, 0) is 24.6 Å². The molecule has 0 unspecified atom stereocenters. The van der Waals surface area contributed by atoms with Crippen molar-refractivity contribution in [3.8, 4) is 11.9 Å². The van der Waals surface area contributed by atoms with Crippen LogP contribution >= 0.6 is 0 Å². The number of anilines is 2. The van der Waals surface area contributed by atoms with E-state index >= 15 is 0 Å². The van der Waals surface area contributed by atoms with Gasteiger partial charge in [0.25, 0.3) is 0 Å². The first-order chi connectivity index (χ1) is 15.5. The summed E-state index contributed by atoms with van der Waals surface area (Å²) in [5.74, 6) is 1.01. The van der Waals surface area contributed by atoms with E-state index in [1.165, 1.54) is 9.13 Å². The van der Waals surface area contributed by atoms with Gasteiger partial charge in [0.15, 0.2) is 11.5 Å². The van der Waals surface area contributed by atoms with E-state index in [0.29, 0.717) is 49.0 Å². The summed E-state index contributed by atoms with van der Waals surface area (Å²) in [4.78, 5) is 26.5. The Kier molecular flexibility index (Phi) is 4.71. The lowest BCUT2D eigenvalue weighted by atomic mass is 9.91. The van der Waals surface area contributed by atoms with Gasteiger partial charge in [0.1, 0.15) is 11.1 Å². The first-order valence-electron chi connectivity index (χ1n) is 10.2. The first kappa shape index (κ1) is 19.9. The number of aryl methyl sites for hydroxylation is 2. The van der Waals surface area contributed by atoms with Crippen molar-refractivity contribution in [2.45, 2.75) is 25.3 Å². The summed E-state index contributed by atoms with van der Waals surface area (Å²) in [5, 5.41) is 17.4. The molecule has 1 fully saturated rings. The lowest BCUT2D eigenvalue weighted by Crippen LogP contribution is -2.44. The quantitative estimate of drug-likeness (QED) is 0.518. The topological polar surface area (TPSA) is 128 Å². The number of aromatic nitrogens is 7. The first-order valence-corrected chi connectivity index (χ1v) is 10.2. The van der Waals surface area contributed by atoms with Crippen molar-refractivity contribution in [3.05, 3.63) is 53.0 Å². The summed E-state index contributed by atoms with van der Waals surface area (Å²) >= 11 is 0. The van der Waals surface area contributed by atoms with Crippen molar-refractivity contribution in [1.29, 1.82) is 5.26 Å². The average molecular weight is 431 g/mol. The van der Waals surface area contributed by atoms with Crippen LogP contribution in [0.5, 0.6) is 0 Å². The van der Waals surface area contributed by atoms with Gasteiger partial charge in [0.2, 0.25) is 5.95 Å². The molecule has 0 atom stereocenters. The van der Waals surface area contributed by atoms with Gasteiger partial charge in [0, 0.05) is 45.5 Å². The standard InChI is InChI=1S/C21H21N9O2/c1-14-10-17(29-7-3-6-25-29)23-11-15(14)26-19-24-12-16-18(27-19)30(20(31)28(16)2)21(13-22)4-8-32-9-5-21/h3,6-7,10-12H,4-5,8-9H2,1-2H3,(H,24,26,27). The number of hydrogen-bond acceptors (Lipinski definition) is 8. The van der Waals surface area contributed by atoms with Gasteiger partial charge in [0.05, 0.1) is 24.2 Å². The van der Waals surface area contributed by atoms with Gasteiger partial charge in [-0.3, -0.25) is 9.13 Å². The lowest BCUT2D eigenvalue weighted by Gasteiger charge is -2.31. The summed E-state index contributed by atoms with van der Waals surface area (Å²) in [6, 6.07) is 6.08. The molecule has 4 aromatic rings. The van der Waals surface area contributed by atoms with Crippen molar-refractivity contribution >= 4 is 22.8 Å². The molecule has 0 radical (unpaired) electrons. The van der Waals surface area contributed by atoms with Crippen molar-refractivity contribution in [3.63, 3.8) is 0 Å². The molecule has 11 heteroatoms. The summed E-state index contributed by atoms with van der Waals surface area (Å²) in [5.41, 5.74) is 1.34. The molecule has 32 heavy (non-hydrogen) atoms. The number of fused-ring (bicyclic) bond motifs is 1. The maximum Gasteiger partial charge on any atom is 0.331 e. The molecular formula is C21H21N9O2. The van der Waals surface area contributed by atoms with Crippen LogP contribution in [0.4, 0.5) is 11.6 Å². The van der Waals surface area contributed by atoms with Gasteiger partial charge in [-0.2, -0.15) is 15.3 Å². The molecule has 0 spiro atoms. The minimum atomic E-state index is -0.997. The monoisotopic (exact) mass is 431 g/mol. The maximum atomic E-state index is 13.1. The van der Waals surface area contributed by atoms with E-state index in [1.807, 2.05) is 25.3 Å². The minimum Gasteiger partial charge on any atom is -0.381 e. The van der Waals surface area contributed by atoms with Gasteiger partial charge in [-0.1, -0.05) is 0 Å². The predicted molar refractivity (Wildman–Crippen MR) is 116 cm³/mol. The van der Waals surface area contributed by atoms with Gasteiger partial charge in [-0.25, -0.2) is 19.4 Å². The Morgan fingerprint density at radius 3 is 2.75 bits per heavy atom. The molecule has 162 valence electrons. The van der Waals surface area contributed by atoms with Crippen LogP contribution in [0.15, 0.2) is 41.7 Å². The molecule has 1 aliphatic rings. The van der Waals surface area contributed by atoms with Crippen molar-refractivity contribution < 1.29 is 4.74 Å². The van der Waals surface area contributed by atoms with E-state index in [-0.39, 0.29) is 5.69 Å². The zero-order valence-electron chi connectivity index (χ0n) is 17.7. The maximum absolute atomic E-state index is 13.1. The molecule has 4 aromatic heterocycles. The Labute approximate surface area is 182 Å². The number of nitriles is 1. The fourth-order valence-corrected chi connectivity index (χ4v) is 3.97. The van der Waals surface area contributed by atoms with Crippen LogP contribution in [0.25, 0.3) is 17.0 Å². The Balaban J connectivity index is 1.55. The third-order valence-electron chi connectivity index (χ3n) is 5.84. The SMILES string of the molecule is Cc1cc(-n2cccn2)ncc1Nc1ncc2c(n1)n(C1(C#N)CCOCC1)c(=O)n2C. The van der Waals surface area contributed by atoms with Gasteiger partial charge in [-0.15, -0.1) is 0 Å². The van der Waals surface area contributed by atoms with Gasteiger partial charge >= 0.3 is 5.69 Å².